The number of fused-ring (bicyclic) bond motifs is 1. The molecule has 1 aliphatic heterocycles. The molecule has 11 heteroatoms. The second kappa shape index (κ2) is 13.6. The third-order valence-electron chi connectivity index (χ3n) is 5.53. The number of aliphatic carboxylic acids is 2. The molecule has 200 valence electrons. The molecule has 0 saturated carbocycles. The number of non-ortho nitro benzene ring substituents is 1. The van der Waals surface area contributed by atoms with Crippen molar-refractivity contribution in [3.63, 3.8) is 0 Å². The van der Waals surface area contributed by atoms with Crippen molar-refractivity contribution < 1.29 is 38.9 Å². The molecule has 3 aromatic rings. The number of rotatable bonds is 10. The van der Waals surface area contributed by atoms with E-state index in [1.165, 1.54) is 11.1 Å². The maximum Gasteiger partial charge on any atom is 0.414 e. The summed E-state index contributed by atoms with van der Waals surface area (Å²) in [5, 5.41) is 25.7. The minimum atomic E-state index is -1.82. The minimum Gasteiger partial charge on any atom is -0.494 e. The molecule has 0 amide bonds. The van der Waals surface area contributed by atoms with Crippen LogP contribution in [0.3, 0.4) is 0 Å². The molecule has 0 radical (unpaired) electrons. The molecule has 38 heavy (non-hydrogen) atoms. The molecule has 0 unspecified atom stereocenters. The Morgan fingerprint density at radius 2 is 1.45 bits per heavy atom. The molecule has 1 heterocycles. The summed E-state index contributed by atoms with van der Waals surface area (Å²) < 4.78 is 16.4. The summed E-state index contributed by atoms with van der Waals surface area (Å²) in [6, 6.07) is 20.9. The van der Waals surface area contributed by atoms with Gasteiger partial charge >= 0.3 is 11.9 Å². The van der Waals surface area contributed by atoms with Crippen molar-refractivity contribution in [1.29, 1.82) is 0 Å². The minimum absolute atomic E-state index is 0.104. The lowest BCUT2D eigenvalue weighted by Gasteiger charge is -2.23. The molecule has 0 aliphatic carbocycles. The Kier molecular flexibility index (Phi) is 10.0. The number of nitro benzene ring substituents is 1. The SMILES string of the molecule is CCOc1ccc(CN(CCc2ccc3c(c2)OCO3)Cc2ccc([N+](=O)[O-])cc2)cc1.O=C(O)C(=O)O. The average Bonchev–Trinajstić information content (AvgIpc) is 3.37. The number of hydrogen-bond acceptors (Lipinski definition) is 8. The van der Waals surface area contributed by atoms with Crippen molar-refractivity contribution in [3.8, 4) is 17.2 Å². The molecular weight excluding hydrogens is 496 g/mol. The maximum absolute atomic E-state index is 11.0. The summed E-state index contributed by atoms with van der Waals surface area (Å²) in [4.78, 5) is 31.1. The van der Waals surface area contributed by atoms with Gasteiger partial charge in [0.05, 0.1) is 11.5 Å². The molecule has 0 fully saturated rings. The highest BCUT2D eigenvalue weighted by Gasteiger charge is 2.15. The second-order valence-electron chi connectivity index (χ2n) is 8.26. The van der Waals surface area contributed by atoms with E-state index in [4.69, 9.17) is 34.0 Å². The van der Waals surface area contributed by atoms with E-state index in [-0.39, 0.29) is 17.4 Å². The quantitative estimate of drug-likeness (QED) is 0.225. The fraction of sp³-hybridized carbons (Fsp3) is 0.259. The fourth-order valence-electron chi connectivity index (χ4n) is 3.69. The van der Waals surface area contributed by atoms with Crippen LogP contribution in [0, 0.1) is 10.1 Å². The van der Waals surface area contributed by atoms with Crippen LogP contribution >= 0.6 is 0 Å². The zero-order chi connectivity index (χ0) is 27.5. The van der Waals surface area contributed by atoms with Crippen molar-refractivity contribution in [1.82, 2.24) is 4.90 Å². The topological polar surface area (TPSA) is 149 Å². The Balaban J connectivity index is 0.000000599. The van der Waals surface area contributed by atoms with Crippen LogP contribution in [0.2, 0.25) is 0 Å². The van der Waals surface area contributed by atoms with Gasteiger partial charge in [0, 0.05) is 31.8 Å². The smallest absolute Gasteiger partial charge is 0.414 e. The average molecular weight is 525 g/mol. The van der Waals surface area contributed by atoms with Crippen LogP contribution in [0.25, 0.3) is 0 Å². The molecule has 11 nitrogen and oxygen atoms in total. The van der Waals surface area contributed by atoms with E-state index >= 15 is 0 Å². The number of hydrogen-bond donors (Lipinski definition) is 2. The second-order valence-corrected chi connectivity index (χ2v) is 8.26. The number of ether oxygens (including phenoxy) is 3. The molecule has 0 spiro atoms. The zero-order valence-corrected chi connectivity index (χ0v) is 20.7. The van der Waals surface area contributed by atoms with Crippen LogP contribution < -0.4 is 14.2 Å². The predicted octanol–water partition coefficient (Wildman–Crippen LogP) is 4.12. The molecular formula is C27H28N2O9. The third kappa shape index (κ3) is 8.49. The van der Waals surface area contributed by atoms with Crippen LogP contribution in [0.1, 0.15) is 23.6 Å². The van der Waals surface area contributed by atoms with E-state index in [0.29, 0.717) is 13.2 Å². The first-order valence-electron chi connectivity index (χ1n) is 11.8. The number of carboxylic acids is 2. The lowest BCUT2D eigenvalue weighted by molar-refractivity contribution is -0.384. The number of carbonyl (C=O) groups is 2. The Morgan fingerprint density at radius 3 is 2.00 bits per heavy atom. The highest BCUT2D eigenvalue weighted by atomic mass is 16.7. The van der Waals surface area contributed by atoms with E-state index < -0.39 is 11.9 Å². The van der Waals surface area contributed by atoms with E-state index in [1.807, 2.05) is 43.3 Å². The third-order valence-corrected chi connectivity index (χ3v) is 5.53. The van der Waals surface area contributed by atoms with Crippen molar-refractivity contribution in [2.45, 2.75) is 26.4 Å². The summed E-state index contributed by atoms with van der Waals surface area (Å²) in [7, 11) is 0. The summed E-state index contributed by atoms with van der Waals surface area (Å²) in [6.07, 6.45) is 0.848. The largest absolute Gasteiger partial charge is 0.494 e. The highest BCUT2D eigenvalue weighted by Crippen LogP contribution is 2.32. The summed E-state index contributed by atoms with van der Waals surface area (Å²) in [5.74, 6) is -1.22. The molecule has 4 rings (SSSR count). The maximum atomic E-state index is 11.0. The molecule has 1 aliphatic rings. The zero-order valence-electron chi connectivity index (χ0n) is 20.7. The van der Waals surface area contributed by atoms with Gasteiger partial charge in [-0.3, -0.25) is 15.0 Å². The van der Waals surface area contributed by atoms with Crippen molar-refractivity contribution >= 4 is 17.6 Å². The van der Waals surface area contributed by atoms with Gasteiger partial charge in [-0.2, -0.15) is 0 Å². The highest BCUT2D eigenvalue weighted by molar-refractivity contribution is 6.27. The van der Waals surface area contributed by atoms with Crippen LogP contribution in [0.4, 0.5) is 5.69 Å². The molecule has 3 aromatic carbocycles. The van der Waals surface area contributed by atoms with Gasteiger partial charge in [0.15, 0.2) is 11.5 Å². The Bertz CT molecular complexity index is 1230. The van der Waals surface area contributed by atoms with Crippen LogP contribution in [0.15, 0.2) is 66.7 Å². The van der Waals surface area contributed by atoms with E-state index in [0.717, 1.165) is 42.3 Å². The first-order valence-corrected chi connectivity index (χ1v) is 11.8. The number of nitrogens with zero attached hydrogens (tertiary/aromatic N) is 2. The Labute approximate surface area is 218 Å². The lowest BCUT2D eigenvalue weighted by Crippen LogP contribution is -2.25. The standard InChI is InChI=1S/C25H26N2O5.C2H2O4/c1-2-30-23-10-5-21(6-11-23)17-26(16-20-3-8-22(9-4-20)27(28)29)14-13-19-7-12-24-25(15-19)32-18-31-24;3-1(4)2(5)6/h3-12,15H,2,13-14,16-18H2,1H3;(H,3,4)(H,5,6). The molecule has 0 bridgehead atoms. The van der Waals surface area contributed by atoms with Crippen molar-refractivity contribution in [3.05, 3.63) is 93.5 Å². The first-order chi connectivity index (χ1) is 18.2. The normalized spacial score (nSPS) is 11.4. The molecule has 0 saturated heterocycles. The van der Waals surface area contributed by atoms with Gasteiger partial charge in [-0.05, 0) is 54.3 Å². The molecule has 2 N–H and O–H groups in total. The predicted molar refractivity (Wildman–Crippen MR) is 136 cm³/mol. The van der Waals surface area contributed by atoms with Gasteiger partial charge in [-0.25, -0.2) is 9.59 Å². The molecule has 0 atom stereocenters. The van der Waals surface area contributed by atoms with Crippen molar-refractivity contribution in [2.24, 2.45) is 0 Å². The molecule has 0 aromatic heterocycles. The van der Waals surface area contributed by atoms with Gasteiger partial charge in [0.1, 0.15) is 5.75 Å². The van der Waals surface area contributed by atoms with Gasteiger partial charge in [0.2, 0.25) is 6.79 Å². The van der Waals surface area contributed by atoms with Crippen LogP contribution in [-0.2, 0) is 29.1 Å². The van der Waals surface area contributed by atoms with Gasteiger partial charge in [-0.15, -0.1) is 0 Å². The number of nitro groups is 1. The van der Waals surface area contributed by atoms with Crippen LogP contribution in [-0.4, -0.2) is 51.9 Å². The fourth-order valence-corrected chi connectivity index (χ4v) is 3.69. The summed E-state index contributed by atoms with van der Waals surface area (Å²) in [6.45, 7) is 5.15. The summed E-state index contributed by atoms with van der Waals surface area (Å²) in [5.41, 5.74) is 3.50. The van der Waals surface area contributed by atoms with E-state index in [2.05, 4.69) is 23.1 Å². The Morgan fingerprint density at radius 1 is 0.895 bits per heavy atom. The van der Waals surface area contributed by atoms with E-state index in [1.54, 1.807) is 12.1 Å². The van der Waals surface area contributed by atoms with Crippen molar-refractivity contribution in [2.75, 3.05) is 19.9 Å². The van der Waals surface area contributed by atoms with E-state index in [9.17, 15) is 10.1 Å². The first kappa shape index (κ1) is 27.9. The number of benzene rings is 3. The van der Waals surface area contributed by atoms with Crippen LogP contribution in [0.5, 0.6) is 17.2 Å². The van der Waals surface area contributed by atoms with Gasteiger partial charge < -0.3 is 24.4 Å². The lowest BCUT2D eigenvalue weighted by atomic mass is 10.1. The monoisotopic (exact) mass is 524 g/mol. The number of carboxylic acid groups (broad SMARTS) is 2. The summed E-state index contributed by atoms with van der Waals surface area (Å²) >= 11 is 0. The Hall–Kier alpha value is -4.64. The van der Waals surface area contributed by atoms with Gasteiger partial charge in [-0.1, -0.05) is 30.3 Å². The van der Waals surface area contributed by atoms with Gasteiger partial charge in [0.25, 0.3) is 5.69 Å².